The Kier molecular flexibility index (Phi) is 7.11. The van der Waals surface area contributed by atoms with Crippen LogP contribution in [-0.4, -0.2) is 40.5 Å². The SMILES string of the molecule is CCCCOc1ccc(C(=O)N(CC(=O)N2c3ccccc3-n3cccc3[C@@H]2c2ccc(F)cc2)C2CC2)cc1. The van der Waals surface area contributed by atoms with E-state index in [0.717, 1.165) is 54.1 Å². The highest BCUT2D eigenvalue weighted by molar-refractivity contribution is 6.03. The number of benzene rings is 3. The number of aromatic nitrogens is 1. The highest BCUT2D eigenvalue weighted by Gasteiger charge is 2.40. The van der Waals surface area contributed by atoms with E-state index >= 15 is 0 Å². The quantitative estimate of drug-likeness (QED) is 0.228. The van der Waals surface area contributed by atoms with Crippen molar-refractivity contribution in [1.82, 2.24) is 9.47 Å². The minimum Gasteiger partial charge on any atom is -0.494 e. The van der Waals surface area contributed by atoms with Crippen LogP contribution in [0.1, 0.15) is 60.3 Å². The Morgan fingerprint density at radius 1 is 0.925 bits per heavy atom. The Balaban J connectivity index is 1.31. The zero-order valence-corrected chi connectivity index (χ0v) is 22.5. The van der Waals surface area contributed by atoms with Gasteiger partial charge in [0.1, 0.15) is 24.2 Å². The van der Waals surface area contributed by atoms with Crippen molar-refractivity contribution >= 4 is 17.5 Å². The average Bonchev–Trinajstić information content (AvgIpc) is 3.71. The molecular formula is C33H32FN3O3. The van der Waals surface area contributed by atoms with E-state index in [-0.39, 0.29) is 30.2 Å². The Morgan fingerprint density at radius 3 is 2.35 bits per heavy atom. The fourth-order valence-electron chi connectivity index (χ4n) is 5.39. The number of rotatable bonds is 9. The molecule has 1 saturated carbocycles. The van der Waals surface area contributed by atoms with Gasteiger partial charge in [-0.1, -0.05) is 37.6 Å². The van der Waals surface area contributed by atoms with Crippen molar-refractivity contribution in [2.45, 2.75) is 44.7 Å². The molecule has 2 aliphatic rings. The molecule has 2 amide bonds. The Bertz CT molecular complexity index is 1510. The first-order valence-corrected chi connectivity index (χ1v) is 13.9. The van der Waals surface area contributed by atoms with Gasteiger partial charge in [-0.2, -0.15) is 0 Å². The van der Waals surface area contributed by atoms with Gasteiger partial charge in [-0.05, 0) is 85.5 Å². The van der Waals surface area contributed by atoms with Crippen molar-refractivity contribution in [3.63, 3.8) is 0 Å². The van der Waals surface area contributed by atoms with E-state index in [2.05, 4.69) is 11.5 Å². The van der Waals surface area contributed by atoms with E-state index in [1.807, 2.05) is 54.7 Å². The molecule has 3 aromatic carbocycles. The molecule has 0 N–H and O–H groups in total. The summed E-state index contributed by atoms with van der Waals surface area (Å²) >= 11 is 0. The number of hydrogen-bond acceptors (Lipinski definition) is 3. The number of halogens is 1. The van der Waals surface area contributed by atoms with E-state index in [1.165, 1.54) is 12.1 Å². The van der Waals surface area contributed by atoms with Crippen LogP contribution >= 0.6 is 0 Å². The van der Waals surface area contributed by atoms with E-state index in [1.54, 1.807) is 34.1 Å². The number of hydrogen-bond donors (Lipinski definition) is 0. The topological polar surface area (TPSA) is 54.8 Å². The molecule has 0 saturated heterocycles. The normalized spacial score (nSPS) is 15.8. The van der Waals surface area contributed by atoms with Crippen LogP contribution in [-0.2, 0) is 4.79 Å². The van der Waals surface area contributed by atoms with Gasteiger partial charge in [0.15, 0.2) is 0 Å². The first kappa shape index (κ1) is 25.9. The molecule has 0 bridgehead atoms. The first-order valence-electron chi connectivity index (χ1n) is 13.9. The van der Waals surface area contributed by atoms with Crippen LogP contribution in [0.2, 0.25) is 0 Å². The van der Waals surface area contributed by atoms with Crippen LogP contribution in [0.5, 0.6) is 5.75 Å². The summed E-state index contributed by atoms with van der Waals surface area (Å²) < 4.78 is 21.7. The number of fused-ring (bicyclic) bond motifs is 3. The van der Waals surface area contributed by atoms with Crippen LogP contribution in [0.25, 0.3) is 5.69 Å². The summed E-state index contributed by atoms with van der Waals surface area (Å²) in [6.07, 6.45) is 5.75. The Labute approximate surface area is 233 Å². The van der Waals surface area contributed by atoms with Crippen molar-refractivity contribution in [2.75, 3.05) is 18.1 Å². The predicted octanol–water partition coefficient (Wildman–Crippen LogP) is 6.54. The molecule has 1 aliphatic carbocycles. The number of carbonyl (C=O) groups is 2. The van der Waals surface area contributed by atoms with Gasteiger partial charge in [0.05, 0.1) is 23.7 Å². The second-order valence-corrected chi connectivity index (χ2v) is 10.4. The van der Waals surface area contributed by atoms with Gasteiger partial charge in [0.2, 0.25) is 5.91 Å². The van der Waals surface area contributed by atoms with Gasteiger partial charge < -0.3 is 14.2 Å². The second-order valence-electron chi connectivity index (χ2n) is 10.4. The van der Waals surface area contributed by atoms with Crippen molar-refractivity contribution in [1.29, 1.82) is 0 Å². The number of unbranched alkanes of at least 4 members (excludes halogenated alkanes) is 1. The maximum Gasteiger partial charge on any atom is 0.254 e. The Morgan fingerprint density at radius 2 is 1.65 bits per heavy atom. The molecule has 0 spiro atoms. The minimum absolute atomic E-state index is 0.0325. The minimum atomic E-state index is -0.464. The summed E-state index contributed by atoms with van der Waals surface area (Å²) in [4.78, 5) is 31.4. The van der Waals surface area contributed by atoms with E-state index in [9.17, 15) is 14.0 Å². The molecule has 7 heteroatoms. The molecule has 2 heterocycles. The lowest BCUT2D eigenvalue weighted by Gasteiger charge is -2.39. The van der Waals surface area contributed by atoms with Gasteiger partial charge in [0.25, 0.3) is 5.91 Å². The number of nitrogens with zero attached hydrogens (tertiary/aromatic N) is 3. The van der Waals surface area contributed by atoms with Crippen molar-refractivity contribution in [3.05, 3.63) is 114 Å². The molecule has 6 rings (SSSR count). The van der Waals surface area contributed by atoms with Gasteiger partial charge in [-0.15, -0.1) is 0 Å². The number of para-hydroxylation sites is 2. The first-order chi connectivity index (χ1) is 19.5. The molecule has 1 aromatic heterocycles. The lowest BCUT2D eigenvalue weighted by molar-refractivity contribution is -0.119. The third kappa shape index (κ3) is 4.99. The molecule has 4 aromatic rings. The van der Waals surface area contributed by atoms with Crippen molar-refractivity contribution < 1.29 is 18.7 Å². The number of anilines is 1. The molecule has 1 atom stereocenters. The lowest BCUT2D eigenvalue weighted by atomic mass is 9.97. The van der Waals surface area contributed by atoms with Crippen LogP contribution in [0.15, 0.2) is 91.1 Å². The van der Waals surface area contributed by atoms with Crippen LogP contribution in [0, 0.1) is 5.82 Å². The number of amides is 2. The van der Waals surface area contributed by atoms with Gasteiger partial charge in [0, 0.05) is 17.8 Å². The smallest absolute Gasteiger partial charge is 0.254 e. The van der Waals surface area contributed by atoms with E-state index in [0.29, 0.717) is 12.2 Å². The molecule has 1 fully saturated rings. The monoisotopic (exact) mass is 537 g/mol. The van der Waals surface area contributed by atoms with Gasteiger partial charge in [-0.25, -0.2) is 4.39 Å². The molecule has 1 aliphatic heterocycles. The average molecular weight is 538 g/mol. The van der Waals surface area contributed by atoms with E-state index < -0.39 is 6.04 Å². The maximum atomic E-state index is 14.3. The molecule has 0 unspecified atom stereocenters. The van der Waals surface area contributed by atoms with Crippen molar-refractivity contribution in [2.24, 2.45) is 0 Å². The molecule has 204 valence electrons. The third-order valence-corrected chi connectivity index (χ3v) is 7.60. The van der Waals surface area contributed by atoms with Crippen LogP contribution < -0.4 is 9.64 Å². The Hall–Kier alpha value is -4.39. The summed E-state index contributed by atoms with van der Waals surface area (Å²) in [5.41, 5.74) is 3.87. The highest BCUT2D eigenvalue weighted by atomic mass is 19.1. The summed E-state index contributed by atoms with van der Waals surface area (Å²) in [7, 11) is 0. The van der Waals surface area contributed by atoms with Gasteiger partial charge in [-0.3, -0.25) is 14.5 Å². The second kappa shape index (κ2) is 11.0. The standard InChI is InChI=1S/C33H32FN3O3/c1-2-3-21-40-27-18-12-24(13-19-27)33(39)36(26-16-17-26)22-31(38)37-29-8-5-4-7-28(29)35-20-6-9-30(35)32(37)23-10-14-25(34)15-11-23/h4-15,18-20,26,32H,2-3,16-17,21-22H2,1H3/t32-/m0/s1. The number of ether oxygens (including phenoxy) is 1. The largest absolute Gasteiger partial charge is 0.494 e. The number of carbonyl (C=O) groups excluding carboxylic acids is 2. The predicted molar refractivity (Wildman–Crippen MR) is 152 cm³/mol. The van der Waals surface area contributed by atoms with Crippen LogP contribution in [0.4, 0.5) is 10.1 Å². The highest BCUT2D eigenvalue weighted by Crippen LogP contribution is 2.42. The van der Waals surface area contributed by atoms with Crippen LogP contribution in [0.3, 0.4) is 0 Å². The summed E-state index contributed by atoms with van der Waals surface area (Å²) in [6, 6.07) is 24.7. The molecular weight excluding hydrogens is 505 g/mol. The fraction of sp³-hybridized carbons (Fsp3) is 0.273. The summed E-state index contributed by atoms with van der Waals surface area (Å²) in [5, 5.41) is 0. The molecule has 0 radical (unpaired) electrons. The van der Waals surface area contributed by atoms with E-state index in [4.69, 9.17) is 4.74 Å². The lowest BCUT2D eigenvalue weighted by Crippen LogP contribution is -2.47. The summed E-state index contributed by atoms with van der Waals surface area (Å²) in [5.74, 6) is 0.0478. The zero-order valence-electron chi connectivity index (χ0n) is 22.5. The fourth-order valence-corrected chi connectivity index (χ4v) is 5.39. The maximum absolute atomic E-state index is 14.3. The molecule has 40 heavy (non-hydrogen) atoms. The zero-order chi connectivity index (χ0) is 27.6. The van der Waals surface area contributed by atoms with Crippen molar-refractivity contribution in [3.8, 4) is 11.4 Å². The summed E-state index contributed by atoms with van der Waals surface area (Å²) in [6.45, 7) is 2.70. The third-order valence-electron chi connectivity index (χ3n) is 7.60. The van der Waals surface area contributed by atoms with Gasteiger partial charge >= 0.3 is 0 Å². The molecule has 6 nitrogen and oxygen atoms in total.